The number of hydrogen-bond acceptors (Lipinski definition) is 2. The zero-order chi connectivity index (χ0) is 13.8. The number of benzene rings is 1. The maximum atomic E-state index is 10.2. The Hall–Kier alpha value is -2.09. The third-order valence-corrected chi connectivity index (χ3v) is 1.95. The largest absolute Gasteiger partial charge is 0.466 e. The Morgan fingerprint density at radius 3 is 2.33 bits per heavy atom. The average Bonchev–Trinajstić information content (AvgIpc) is 2.40. The highest BCUT2D eigenvalue weighted by Crippen LogP contribution is 2.01. The van der Waals surface area contributed by atoms with E-state index in [1.54, 1.807) is 6.92 Å². The van der Waals surface area contributed by atoms with Gasteiger partial charge in [0, 0.05) is 5.57 Å². The van der Waals surface area contributed by atoms with Crippen LogP contribution in [0.4, 0.5) is 0 Å². The molecule has 0 bridgehead atoms. The zero-order valence-corrected chi connectivity index (χ0v) is 11.1. The summed E-state index contributed by atoms with van der Waals surface area (Å²) in [5.41, 5.74) is 1.68. The van der Waals surface area contributed by atoms with Crippen molar-refractivity contribution in [2.24, 2.45) is 0 Å². The van der Waals surface area contributed by atoms with Crippen molar-refractivity contribution < 1.29 is 9.53 Å². The molecule has 0 heterocycles. The van der Waals surface area contributed by atoms with Gasteiger partial charge < -0.3 is 4.74 Å². The maximum Gasteiger partial charge on any atom is 0.332 e. The van der Waals surface area contributed by atoms with Gasteiger partial charge in [-0.3, -0.25) is 0 Å². The van der Waals surface area contributed by atoms with E-state index in [0.29, 0.717) is 5.57 Å². The fraction of sp³-hybridized carbons (Fsp3) is 0.188. The Kier molecular flexibility index (Phi) is 8.92. The van der Waals surface area contributed by atoms with E-state index in [0.717, 1.165) is 6.42 Å². The number of allylic oxidation sites excluding steroid dienone is 2. The summed E-state index contributed by atoms with van der Waals surface area (Å²) in [6, 6.07) is 10.3. The second-order valence-electron chi connectivity index (χ2n) is 3.61. The van der Waals surface area contributed by atoms with Gasteiger partial charge in [0.2, 0.25) is 0 Å². The number of carbonyl (C=O) groups excluding carboxylic acids is 1. The summed E-state index contributed by atoms with van der Waals surface area (Å²) >= 11 is 0. The summed E-state index contributed by atoms with van der Waals surface area (Å²) in [7, 11) is 1.33. The molecule has 18 heavy (non-hydrogen) atoms. The lowest BCUT2D eigenvalue weighted by molar-refractivity contribution is -0.136. The minimum Gasteiger partial charge on any atom is -0.466 e. The van der Waals surface area contributed by atoms with Crippen LogP contribution >= 0.6 is 0 Å². The van der Waals surface area contributed by atoms with E-state index in [-0.39, 0.29) is 5.97 Å². The van der Waals surface area contributed by atoms with E-state index in [9.17, 15) is 4.79 Å². The quantitative estimate of drug-likeness (QED) is 0.454. The molecule has 0 fully saturated rings. The molecular formula is C16H20O2. The monoisotopic (exact) mass is 244 g/mol. The SMILES string of the molecule is C=C(C)C(=O)OC.C=CCC=Cc1ccccc1. The molecule has 2 nitrogen and oxygen atoms in total. The van der Waals surface area contributed by atoms with Gasteiger partial charge in [0.05, 0.1) is 7.11 Å². The van der Waals surface area contributed by atoms with Crippen LogP contribution in [0, 0.1) is 0 Å². The topological polar surface area (TPSA) is 26.3 Å². The van der Waals surface area contributed by atoms with Crippen LogP contribution in [0.15, 0.2) is 61.2 Å². The Bertz CT molecular complexity index is 402. The normalized spacial score (nSPS) is 9.22. The second-order valence-corrected chi connectivity index (χ2v) is 3.61. The van der Waals surface area contributed by atoms with Gasteiger partial charge in [-0.1, -0.05) is 55.1 Å². The lowest BCUT2D eigenvalue weighted by Crippen LogP contribution is -1.98. The predicted molar refractivity (Wildman–Crippen MR) is 77.1 cm³/mol. The van der Waals surface area contributed by atoms with Crippen molar-refractivity contribution in [2.75, 3.05) is 7.11 Å². The number of hydrogen-bond donors (Lipinski definition) is 0. The van der Waals surface area contributed by atoms with Gasteiger partial charge >= 0.3 is 5.97 Å². The molecule has 0 N–H and O–H groups in total. The molecule has 96 valence electrons. The maximum absolute atomic E-state index is 10.2. The average molecular weight is 244 g/mol. The fourth-order valence-electron chi connectivity index (χ4n) is 1.04. The third-order valence-electron chi connectivity index (χ3n) is 1.95. The van der Waals surface area contributed by atoms with Gasteiger partial charge in [0.1, 0.15) is 0 Å². The summed E-state index contributed by atoms with van der Waals surface area (Å²) in [5.74, 6) is -0.347. The molecule has 0 aliphatic heterocycles. The van der Waals surface area contributed by atoms with Gasteiger partial charge in [-0.2, -0.15) is 0 Å². The van der Waals surface area contributed by atoms with Crippen LogP contribution in [0.25, 0.3) is 6.08 Å². The molecule has 1 rings (SSSR count). The Labute approximate surface area is 109 Å². The minimum absolute atomic E-state index is 0.347. The van der Waals surface area contributed by atoms with E-state index in [2.05, 4.69) is 42.2 Å². The van der Waals surface area contributed by atoms with E-state index < -0.39 is 0 Å². The van der Waals surface area contributed by atoms with Crippen molar-refractivity contribution in [2.45, 2.75) is 13.3 Å². The van der Waals surface area contributed by atoms with E-state index in [1.807, 2.05) is 24.3 Å². The van der Waals surface area contributed by atoms with Gasteiger partial charge in [0.25, 0.3) is 0 Å². The third kappa shape index (κ3) is 8.11. The molecule has 0 aromatic heterocycles. The zero-order valence-electron chi connectivity index (χ0n) is 11.1. The van der Waals surface area contributed by atoms with Crippen molar-refractivity contribution >= 4 is 12.0 Å². The molecule has 0 aliphatic rings. The van der Waals surface area contributed by atoms with Crippen LogP contribution in [0.3, 0.4) is 0 Å². The van der Waals surface area contributed by atoms with Crippen molar-refractivity contribution in [3.05, 3.63) is 66.8 Å². The first-order valence-corrected chi connectivity index (χ1v) is 5.68. The number of esters is 1. The molecular weight excluding hydrogens is 224 g/mol. The van der Waals surface area contributed by atoms with Crippen molar-refractivity contribution in [1.29, 1.82) is 0 Å². The first-order valence-electron chi connectivity index (χ1n) is 5.68. The molecule has 0 saturated heterocycles. The molecule has 0 atom stereocenters. The van der Waals surface area contributed by atoms with Gasteiger partial charge in [0.15, 0.2) is 0 Å². The molecule has 1 aromatic rings. The van der Waals surface area contributed by atoms with Crippen molar-refractivity contribution in [1.82, 2.24) is 0 Å². The van der Waals surface area contributed by atoms with Crippen LogP contribution in [0.1, 0.15) is 18.9 Å². The van der Waals surface area contributed by atoms with Crippen molar-refractivity contribution in [3.8, 4) is 0 Å². The summed E-state index contributed by atoms with van der Waals surface area (Å²) in [5, 5.41) is 0. The van der Waals surface area contributed by atoms with Gasteiger partial charge in [-0.05, 0) is 18.9 Å². The second kappa shape index (κ2) is 10.1. The Balaban J connectivity index is 0.000000360. The highest BCUT2D eigenvalue weighted by Gasteiger charge is 1.95. The van der Waals surface area contributed by atoms with Crippen LogP contribution in [0.5, 0.6) is 0 Å². The van der Waals surface area contributed by atoms with Crippen LogP contribution in [-0.2, 0) is 9.53 Å². The van der Waals surface area contributed by atoms with Crippen LogP contribution in [-0.4, -0.2) is 13.1 Å². The lowest BCUT2D eigenvalue weighted by atomic mass is 10.2. The minimum atomic E-state index is -0.347. The van der Waals surface area contributed by atoms with Crippen LogP contribution < -0.4 is 0 Å². The van der Waals surface area contributed by atoms with Crippen molar-refractivity contribution in [3.63, 3.8) is 0 Å². The summed E-state index contributed by atoms with van der Waals surface area (Å²) in [4.78, 5) is 10.2. The Morgan fingerprint density at radius 2 is 1.94 bits per heavy atom. The molecule has 0 radical (unpaired) electrons. The first-order chi connectivity index (χ1) is 8.61. The number of methoxy groups -OCH3 is 1. The smallest absolute Gasteiger partial charge is 0.332 e. The molecule has 0 unspecified atom stereocenters. The first kappa shape index (κ1) is 15.9. The summed E-state index contributed by atoms with van der Waals surface area (Å²) in [6.45, 7) is 8.59. The number of carbonyl (C=O) groups is 1. The molecule has 0 amide bonds. The molecule has 1 aromatic carbocycles. The highest BCUT2D eigenvalue weighted by molar-refractivity contribution is 5.86. The highest BCUT2D eigenvalue weighted by atomic mass is 16.5. The Morgan fingerprint density at radius 1 is 1.33 bits per heavy atom. The molecule has 0 aliphatic carbocycles. The molecule has 0 saturated carbocycles. The van der Waals surface area contributed by atoms with E-state index in [4.69, 9.17) is 0 Å². The number of ether oxygens (including phenoxy) is 1. The molecule has 2 heteroatoms. The van der Waals surface area contributed by atoms with Gasteiger partial charge in [-0.15, -0.1) is 6.58 Å². The summed E-state index contributed by atoms with van der Waals surface area (Å²) in [6.07, 6.45) is 7.03. The summed E-state index contributed by atoms with van der Waals surface area (Å²) < 4.78 is 4.27. The predicted octanol–water partition coefficient (Wildman–Crippen LogP) is 4.01. The van der Waals surface area contributed by atoms with Gasteiger partial charge in [-0.25, -0.2) is 4.79 Å². The standard InChI is InChI=1S/C11H12.C5H8O2/c1-2-3-5-8-11-9-6-4-7-10-11;1-4(2)5(6)7-3/h2,4-10H,1,3H2;1H2,2-3H3. The number of rotatable bonds is 4. The lowest BCUT2D eigenvalue weighted by Gasteiger charge is -1.91. The molecule has 0 spiro atoms. The fourth-order valence-corrected chi connectivity index (χ4v) is 1.04. The van der Waals surface area contributed by atoms with E-state index in [1.165, 1.54) is 12.7 Å². The van der Waals surface area contributed by atoms with E-state index >= 15 is 0 Å². The van der Waals surface area contributed by atoms with Crippen LogP contribution in [0.2, 0.25) is 0 Å².